The fourth-order valence-corrected chi connectivity index (χ4v) is 3.07. The summed E-state index contributed by atoms with van der Waals surface area (Å²) in [5.41, 5.74) is 0.265. The van der Waals surface area contributed by atoms with Gasteiger partial charge in [0.15, 0.2) is 0 Å². The molecule has 2 heterocycles. The van der Waals surface area contributed by atoms with E-state index >= 15 is 0 Å². The molecule has 1 amide bonds. The third-order valence-corrected chi connectivity index (χ3v) is 4.21. The molecule has 0 spiro atoms. The summed E-state index contributed by atoms with van der Waals surface area (Å²) in [6.45, 7) is 6.95. The maximum atomic E-state index is 12.2. The number of carbonyl (C=O) groups is 1. The zero-order chi connectivity index (χ0) is 16.2. The number of amides is 1. The molecule has 1 atom stereocenters. The molecule has 1 aliphatic heterocycles. The summed E-state index contributed by atoms with van der Waals surface area (Å²) in [4.78, 5) is 20.9. The molecule has 0 aromatic carbocycles. The van der Waals surface area contributed by atoms with Crippen LogP contribution in [0.25, 0.3) is 0 Å². The SMILES string of the molecule is CC(C)(C)OC(=O)NC(c1nccnc1I)C1CCOCC1. The molecule has 22 heavy (non-hydrogen) atoms. The van der Waals surface area contributed by atoms with Gasteiger partial charge in [-0.05, 0) is 62.1 Å². The van der Waals surface area contributed by atoms with Gasteiger partial charge in [0.2, 0.25) is 0 Å². The lowest BCUT2D eigenvalue weighted by molar-refractivity contribution is 0.0343. The third-order valence-electron chi connectivity index (χ3n) is 3.38. The van der Waals surface area contributed by atoms with Gasteiger partial charge in [0.1, 0.15) is 9.30 Å². The van der Waals surface area contributed by atoms with E-state index in [-0.39, 0.29) is 12.0 Å². The van der Waals surface area contributed by atoms with Crippen molar-refractivity contribution in [1.82, 2.24) is 15.3 Å². The van der Waals surface area contributed by atoms with Crippen molar-refractivity contribution in [2.24, 2.45) is 5.92 Å². The smallest absolute Gasteiger partial charge is 0.408 e. The first kappa shape index (κ1) is 17.4. The van der Waals surface area contributed by atoms with Crippen molar-refractivity contribution < 1.29 is 14.3 Å². The highest BCUT2D eigenvalue weighted by Crippen LogP contribution is 2.31. The molecule has 1 aliphatic rings. The molecule has 0 bridgehead atoms. The Morgan fingerprint density at radius 3 is 2.59 bits per heavy atom. The molecular formula is C15H22IN3O3. The number of hydrogen-bond acceptors (Lipinski definition) is 5. The van der Waals surface area contributed by atoms with Gasteiger partial charge in [-0.3, -0.25) is 4.98 Å². The number of alkyl carbamates (subject to hydrolysis) is 1. The van der Waals surface area contributed by atoms with E-state index in [1.807, 2.05) is 20.8 Å². The summed E-state index contributed by atoms with van der Waals surface area (Å²) in [7, 11) is 0. The molecule has 7 heteroatoms. The van der Waals surface area contributed by atoms with Gasteiger partial charge in [0.05, 0.1) is 11.7 Å². The van der Waals surface area contributed by atoms with Gasteiger partial charge in [-0.25, -0.2) is 9.78 Å². The van der Waals surface area contributed by atoms with E-state index in [4.69, 9.17) is 9.47 Å². The summed E-state index contributed by atoms with van der Waals surface area (Å²) < 4.78 is 11.6. The van der Waals surface area contributed by atoms with Crippen molar-refractivity contribution in [3.05, 3.63) is 21.8 Å². The van der Waals surface area contributed by atoms with Crippen LogP contribution in [-0.2, 0) is 9.47 Å². The largest absolute Gasteiger partial charge is 0.444 e. The number of nitrogens with one attached hydrogen (secondary N) is 1. The van der Waals surface area contributed by atoms with E-state index < -0.39 is 11.7 Å². The summed E-state index contributed by atoms with van der Waals surface area (Å²) in [5, 5.41) is 2.98. The first-order chi connectivity index (χ1) is 10.4. The topological polar surface area (TPSA) is 73.3 Å². The van der Waals surface area contributed by atoms with Crippen molar-refractivity contribution in [2.75, 3.05) is 13.2 Å². The van der Waals surface area contributed by atoms with Gasteiger partial charge < -0.3 is 14.8 Å². The minimum Gasteiger partial charge on any atom is -0.444 e. The number of hydrogen-bond donors (Lipinski definition) is 1. The molecule has 1 unspecified atom stereocenters. The fourth-order valence-electron chi connectivity index (χ4n) is 2.43. The normalized spacial score (nSPS) is 17.8. The predicted molar refractivity (Wildman–Crippen MR) is 90.4 cm³/mol. The lowest BCUT2D eigenvalue weighted by atomic mass is 9.90. The summed E-state index contributed by atoms with van der Waals surface area (Å²) >= 11 is 2.15. The van der Waals surface area contributed by atoms with E-state index in [9.17, 15) is 4.79 Å². The van der Waals surface area contributed by atoms with Crippen molar-refractivity contribution in [3.63, 3.8) is 0 Å². The maximum absolute atomic E-state index is 12.2. The molecule has 122 valence electrons. The van der Waals surface area contributed by atoms with Gasteiger partial charge >= 0.3 is 6.09 Å². The van der Waals surface area contributed by atoms with Gasteiger partial charge in [0.25, 0.3) is 0 Å². The molecule has 1 aromatic heterocycles. The first-order valence-electron chi connectivity index (χ1n) is 7.40. The number of aromatic nitrogens is 2. The van der Waals surface area contributed by atoms with Gasteiger partial charge in [-0.2, -0.15) is 0 Å². The number of carbonyl (C=O) groups excluding carboxylic acids is 1. The van der Waals surface area contributed by atoms with Crippen LogP contribution >= 0.6 is 22.6 Å². The van der Waals surface area contributed by atoms with E-state index in [1.54, 1.807) is 12.4 Å². The third kappa shape index (κ3) is 5.05. The summed E-state index contributed by atoms with van der Waals surface area (Å²) in [5.74, 6) is 0.270. The Morgan fingerprint density at radius 2 is 2.00 bits per heavy atom. The highest BCUT2D eigenvalue weighted by molar-refractivity contribution is 14.1. The Bertz CT molecular complexity index is 513. The van der Waals surface area contributed by atoms with Crippen LogP contribution < -0.4 is 5.32 Å². The zero-order valence-electron chi connectivity index (χ0n) is 13.1. The standard InChI is InChI=1S/C15H22IN3O3/c1-15(2,3)22-14(20)19-11(10-4-8-21-9-5-10)12-13(16)18-7-6-17-12/h6-7,10-11H,4-5,8-9H2,1-3H3,(H,19,20). The van der Waals surface area contributed by atoms with Gasteiger partial charge in [0, 0.05) is 25.6 Å². The van der Waals surface area contributed by atoms with Crippen molar-refractivity contribution in [2.45, 2.75) is 45.3 Å². The molecule has 1 fully saturated rings. The molecule has 1 N–H and O–H groups in total. The molecule has 0 radical (unpaired) electrons. The monoisotopic (exact) mass is 419 g/mol. The Balaban J connectivity index is 2.18. The second-order valence-corrected chi connectivity index (χ2v) is 7.33. The molecule has 1 saturated heterocycles. The van der Waals surface area contributed by atoms with Gasteiger partial charge in [-0.1, -0.05) is 0 Å². The second-order valence-electron chi connectivity index (χ2n) is 6.31. The second kappa shape index (κ2) is 7.54. The van der Waals surface area contributed by atoms with Crippen LogP contribution in [0.15, 0.2) is 12.4 Å². The maximum Gasteiger partial charge on any atom is 0.408 e. The Labute approximate surface area is 144 Å². The molecular weight excluding hydrogens is 397 g/mol. The molecule has 6 nitrogen and oxygen atoms in total. The lowest BCUT2D eigenvalue weighted by Gasteiger charge is -2.31. The first-order valence-corrected chi connectivity index (χ1v) is 8.48. The van der Waals surface area contributed by atoms with Crippen LogP contribution in [0.4, 0.5) is 4.79 Å². The summed E-state index contributed by atoms with van der Waals surface area (Å²) in [6.07, 6.45) is 4.64. The van der Waals surface area contributed by atoms with E-state index in [0.717, 1.165) is 22.2 Å². The van der Waals surface area contributed by atoms with Crippen LogP contribution in [0.2, 0.25) is 0 Å². The molecule has 0 aliphatic carbocycles. The van der Waals surface area contributed by atoms with Crippen LogP contribution in [0.1, 0.15) is 45.3 Å². The van der Waals surface area contributed by atoms with Crippen molar-refractivity contribution in [3.8, 4) is 0 Å². The quantitative estimate of drug-likeness (QED) is 0.763. The van der Waals surface area contributed by atoms with E-state index in [0.29, 0.717) is 13.2 Å². The fraction of sp³-hybridized carbons (Fsp3) is 0.667. The minimum absolute atomic E-state index is 0.209. The zero-order valence-corrected chi connectivity index (χ0v) is 15.3. The summed E-state index contributed by atoms with van der Waals surface area (Å²) in [6, 6.07) is -0.209. The van der Waals surface area contributed by atoms with Crippen molar-refractivity contribution >= 4 is 28.7 Å². The Hall–Kier alpha value is -0.960. The van der Waals surface area contributed by atoms with Crippen LogP contribution in [0.5, 0.6) is 0 Å². The Morgan fingerprint density at radius 1 is 1.36 bits per heavy atom. The number of nitrogens with zero attached hydrogens (tertiary/aromatic N) is 2. The van der Waals surface area contributed by atoms with Crippen molar-refractivity contribution in [1.29, 1.82) is 0 Å². The predicted octanol–water partition coefficient (Wildman–Crippen LogP) is 3.07. The van der Waals surface area contributed by atoms with E-state index in [2.05, 4.69) is 37.9 Å². The number of halogens is 1. The average molecular weight is 419 g/mol. The average Bonchev–Trinajstić information content (AvgIpc) is 2.45. The van der Waals surface area contributed by atoms with E-state index in [1.165, 1.54) is 0 Å². The number of rotatable bonds is 3. The van der Waals surface area contributed by atoms with Crippen LogP contribution in [0.3, 0.4) is 0 Å². The molecule has 0 saturated carbocycles. The molecule has 1 aromatic rings. The lowest BCUT2D eigenvalue weighted by Crippen LogP contribution is -2.40. The molecule has 2 rings (SSSR count). The number of ether oxygens (including phenoxy) is 2. The van der Waals surface area contributed by atoms with Crippen LogP contribution in [0, 0.1) is 9.62 Å². The van der Waals surface area contributed by atoms with Crippen LogP contribution in [-0.4, -0.2) is 34.9 Å². The van der Waals surface area contributed by atoms with Gasteiger partial charge in [-0.15, -0.1) is 0 Å². The highest BCUT2D eigenvalue weighted by Gasteiger charge is 2.31. The Kier molecular flexibility index (Phi) is 5.96. The highest BCUT2D eigenvalue weighted by atomic mass is 127. The minimum atomic E-state index is -0.528.